The van der Waals surface area contributed by atoms with Crippen molar-refractivity contribution < 1.29 is 0 Å². The Kier molecular flexibility index (Phi) is 3.05. The van der Waals surface area contributed by atoms with Gasteiger partial charge in [0, 0.05) is 17.1 Å². The minimum absolute atomic E-state index is 0.356. The predicted molar refractivity (Wildman–Crippen MR) is 81.4 cm³/mol. The number of nitrogens with zero attached hydrogens (tertiary/aromatic N) is 1. The smallest absolute Gasteiger partial charge is 0.0610 e. The summed E-state index contributed by atoms with van der Waals surface area (Å²) in [6, 6.07) is 7.17. The summed E-state index contributed by atoms with van der Waals surface area (Å²) in [5.74, 6) is 0. The SMILES string of the molecule is CC(C)N1c2ccc(Br)cc2NCC12CCCC2. The van der Waals surface area contributed by atoms with Crippen molar-refractivity contribution in [3.8, 4) is 0 Å². The van der Waals surface area contributed by atoms with Crippen LogP contribution in [0.15, 0.2) is 22.7 Å². The molecular weight excluding hydrogens is 288 g/mol. The van der Waals surface area contributed by atoms with Gasteiger partial charge in [-0.3, -0.25) is 0 Å². The van der Waals surface area contributed by atoms with E-state index < -0.39 is 0 Å². The first-order valence-corrected chi connectivity index (χ1v) is 7.74. The number of benzene rings is 1. The van der Waals surface area contributed by atoms with Crippen LogP contribution >= 0.6 is 15.9 Å². The molecule has 1 N–H and O–H groups in total. The maximum atomic E-state index is 3.65. The molecule has 0 saturated heterocycles. The highest BCUT2D eigenvalue weighted by atomic mass is 79.9. The standard InChI is InChI=1S/C15H21BrN2/c1-11(2)18-14-6-5-12(16)9-13(14)17-10-15(18)7-3-4-8-15/h5-6,9,11,17H,3-4,7-8,10H2,1-2H3. The second-order valence-electron chi connectivity index (χ2n) is 5.91. The Labute approximate surface area is 118 Å². The van der Waals surface area contributed by atoms with Crippen molar-refractivity contribution in [2.75, 3.05) is 16.8 Å². The minimum Gasteiger partial charge on any atom is -0.381 e. The van der Waals surface area contributed by atoms with Crippen LogP contribution in [-0.2, 0) is 0 Å². The van der Waals surface area contributed by atoms with E-state index >= 15 is 0 Å². The van der Waals surface area contributed by atoms with Gasteiger partial charge < -0.3 is 10.2 Å². The molecule has 1 heterocycles. The molecule has 0 radical (unpaired) electrons. The molecular formula is C15H21BrN2. The second-order valence-corrected chi connectivity index (χ2v) is 6.83. The van der Waals surface area contributed by atoms with Gasteiger partial charge in [0.1, 0.15) is 0 Å². The Hall–Kier alpha value is -0.700. The van der Waals surface area contributed by atoms with E-state index in [0.29, 0.717) is 11.6 Å². The van der Waals surface area contributed by atoms with Crippen LogP contribution in [0.4, 0.5) is 11.4 Å². The monoisotopic (exact) mass is 308 g/mol. The third-order valence-corrected chi connectivity index (χ3v) is 4.88. The van der Waals surface area contributed by atoms with Crippen molar-refractivity contribution >= 4 is 27.3 Å². The fourth-order valence-corrected chi connectivity index (χ4v) is 4.10. The molecule has 1 aromatic rings. The van der Waals surface area contributed by atoms with Crippen molar-refractivity contribution in [3.63, 3.8) is 0 Å². The highest BCUT2D eigenvalue weighted by Crippen LogP contribution is 2.46. The molecule has 1 aliphatic carbocycles. The first-order valence-electron chi connectivity index (χ1n) is 6.95. The molecule has 0 unspecified atom stereocenters. The summed E-state index contributed by atoms with van der Waals surface area (Å²) in [6.45, 7) is 5.73. The summed E-state index contributed by atoms with van der Waals surface area (Å²) in [7, 11) is 0. The van der Waals surface area contributed by atoms with Crippen LogP contribution in [0.25, 0.3) is 0 Å². The summed E-state index contributed by atoms with van der Waals surface area (Å²) in [6.07, 6.45) is 5.40. The van der Waals surface area contributed by atoms with Crippen molar-refractivity contribution in [1.82, 2.24) is 0 Å². The van der Waals surface area contributed by atoms with E-state index in [9.17, 15) is 0 Å². The van der Waals surface area contributed by atoms with Crippen LogP contribution in [0.5, 0.6) is 0 Å². The first kappa shape index (κ1) is 12.3. The molecule has 3 rings (SSSR count). The minimum atomic E-state index is 0.356. The summed E-state index contributed by atoms with van der Waals surface area (Å²) >= 11 is 3.56. The lowest BCUT2D eigenvalue weighted by Crippen LogP contribution is -2.57. The first-order chi connectivity index (χ1) is 8.62. The molecule has 2 nitrogen and oxygen atoms in total. The van der Waals surface area contributed by atoms with Crippen molar-refractivity contribution in [3.05, 3.63) is 22.7 Å². The Bertz CT molecular complexity index is 450. The quantitative estimate of drug-likeness (QED) is 0.827. The summed E-state index contributed by atoms with van der Waals surface area (Å²) in [4.78, 5) is 2.66. The molecule has 0 bridgehead atoms. The van der Waals surface area contributed by atoms with Crippen molar-refractivity contribution in [2.24, 2.45) is 0 Å². The largest absolute Gasteiger partial charge is 0.381 e. The Morgan fingerprint density at radius 3 is 2.67 bits per heavy atom. The maximum absolute atomic E-state index is 3.65. The normalized spacial score (nSPS) is 21.2. The van der Waals surface area contributed by atoms with Gasteiger partial charge in [-0.05, 0) is 44.9 Å². The highest BCUT2D eigenvalue weighted by molar-refractivity contribution is 9.10. The molecule has 1 fully saturated rings. The third kappa shape index (κ3) is 1.83. The molecule has 3 heteroatoms. The summed E-state index contributed by atoms with van der Waals surface area (Å²) in [5.41, 5.74) is 3.01. The zero-order valence-electron chi connectivity index (χ0n) is 11.2. The predicted octanol–water partition coefficient (Wildman–Crippen LogP) is 4.40. The number of anilines is 2. The van der Waals surface area contributed by atoms with Gasteiger partial charge in [0.15, 0.2) is 0 Å². The molecule has 18 heavy (non-hydrogen) atoms. The molecule has 0 aromatic heterocycles. The van der Waals surface area contributed by atoms with Gasteiger partial charge in [-0.15, -0.1) is 0 Å². The van der Waals surface area contributed by atoms with Gasteiger partial charge in [-0.25, -0.2) is 0 Å². The third-order valence-electron chi connectivity index (χ3n) is 4.39. The topological polar surface area (TPSA) is 15.3 Å². The Balaban J connectivity index is 2.07. The number of halogens is 1. The Morgan fingerprint density at radius 1 is 1.28 bits per heavy atom. The molecule has 1 aromatic carbocycles. The lowest BCUT2D eigenvalue weighted by molar-refractivity contribution is 0.381. The fourth-order valence-electron chi connectivity index (χ4n) is 3.74. The van der Waals surface area contributed by atoms with Gasteiger partial charge in [0.2, 0.25) is 0 Å². The van der Waals surface area contributed by atoms with E-state index in [-0.39, 0.29) is 0 Å². The van der Waals surface area contributed by atoms with E-state index in [1.165, 1.54) is 37.1 Å². The van der Waals surface area contributed by atoms with E-state index in [2.05, 4.69) is 58.2 Å². The number of hydrogen-bond acceptors (Lipinski definition) is 2. The van der Waals surface area contributed by atoms with Crippen LogP contribution in [-0.4, -0.2) is 18.1 Å². The Morgan fingerprint density at radius 2 is 2.00 bits per heavy atom. The van der Waals surface area contributed by atoms with Gasteiger partial charge in [0.25, 0.3) is 0 Å². The van der Waals surface area contributed by atoms with Gasteiger partial charge in [-0.2, -0.15) is 0 Å². The molecule has 0 amide bonds. The van der Waals surface area contributed by atoms with E-state index in [1.807, 2.05) is 0 Å². The van der Waals surface area contributed by atoms with Crippen molar-refractivity contribution in [2.45, 2.75) is 51.1 Å². The molecule has 1 spiro atoms. The highest BCUT2D eigenvalue weighted by Gasteiger charge is 2.43. The van der Waals surface area contributed by atoms with Gasteiger partial charge >= 0.3 is 0 Å². The molecule has 1 aliphatic heterocycles. The zero-order valence-corrected chi connectivity index (χ0v) is 12.8. The average molecular weight is 309 g/mol. The number of rotatable bonds is 1. The van der Waals surface area contributed by atoms with Crippen LogP contribution in [0.2, 0.25) is 0 Å². The van der Waals surface area contributed by atoms with Crippen molar-refractivity contribution in [1.29, 1.82) is 0 Å². The van der Waals surface area contributed by atoms with Gasteiger partial charge in [-0.1, -0.05) is 28.8 Å². The second kappa shape index (κ2) is 4.44. The van der Waals surface area contributed by atoms with Crippen LogP contribution in [0, 0.1) is 0 Å². The van der Waals surface area contributed by atoms with Crippen LogP contribution in [0.3, 0.4) is 0 Å². The number of nitrogens with one attached hydrogen (secondary N) is 1. The molecule has 0 atom stereocenters. The number of hydrogen-bond donors (Lipinski definition) is 1. The van der Waals surface area contributed by atoms with E-state index in [0.717, 1.165) is 11.0 Å². The number of fused-ring (bicyclic) bond motifs is 1. The molecule has 1 saturated carbocycles. The zero-order chi connectivity index (χ0) is 12.8. The van der Waals surface area contributed by atoms with Crippen LogP contribution in [0.1, 0.15) is 39.5 Å². The van der Waals surface area contributed by atoms with Crippen LogP contribution < -0.4 is 10.2 Å². The lowest BCUT2D eigenvalue weighted by atomic mass is 9.89. The summed E-state index contributed by atoms with van der Waals surface area (Å²) in [5, 5.41) is 3.65. The maximum Gasteiger partial charge on any atom is 0.0610 e. The van der Waals surface area contributed by atoms with Gasteiger partial charge in [0.05, 0.1) is 16.9 Å². The molecule has 2 aliphatic rings. The van der Waals surface area contributed by atoms with E-state index in [1.54, 1.807) is 0 Å². The lowest BCUT2D eigenvalue weighted by Gasteiger charge is -2.50. The average Bonchev–Trinajstić information content (AvgIpc) is 2.78. The summed E-state index contributed by atoms with van der Waals surface area (Å²) < 4.78 is 1.15. The van der Waals surface area contributed by atoms with E-state index in [4.69, 9.17) is 0 Å². The molecule has 98 valence electrons. The fraction of sp³-hybridized carbons (Fsp3) is 0.600.